The first-order valence-corrected chi connectivity index (χ1v) is 9.36. The lowest BCUT2D eigenvalue weighted by Crippen LogP contribution is -2.34. The van der Waals surface area contributed by atoms with Gasteiger partial charge in [-0.25, -0.2) is 4.98 Å². The second-order valence-corrected chi connectivity index (χ2v) is 6.92. The van der Waals surface area contributed by atoms with Crippen molar-refractivity contribution in [2.24, 2.45) is 5.92 Å². The summed E-state index contributed by atoms with van der Waals surface area (Å²) in [6.45, 7) is 0.533. The Morgan fingerprint density at radius 2 is 2.11 bits per heavy atom. The van der Waals surface area contributed by atoms with Crippen molar-refractivity contribution in [3.05, 3.63) is 35.8 Å². The molecule has 0 unspecified atom stereocenters. The van der Waals surface area contributed by atoms with E-state index >= 15 is 0 Å². The van der Waals surface area contributed by atoms with Crippen LogP contribution < -0.4 is 20.3 Å². The van der Waals surface area contributed by atoms with E-state index in [4.69, 9.17) is 4.74 Å². The maximum Gasteiger partial charge on any atom is 0.227 e. The number of hydrogen-bond acceptors (Lipinski definition) is 6. The van der Waals surface area contributed by atoms with Gasteiger partial charge in [-0.05, 0) is 24.3 Å². The van der Waals surface area contributed by atoms with E-state index in [1.165, 1.54) is 11.3 Å². The summed E-state index contributed by atoms with van der Waals surface area (Å²) < 4.78 is 5.11. The van der Waals surface area contributed by atoms with Crippen molar-refractivity contribution in [1.29, 1.82) is 0 Å². The van der Waals surface area contributed by atoms with Crippen LogP contribution >= 0.6 is 11.3 Å². The Morgan fingerprint density at radius 1 is 1.33 bits per heavy atom. The summed E-state index contributed by atoms with van der Waals surface area (Å²) in [4.78, 5) is 41.9. The van der Waals surface area contributed by atoms with Crippen LogP contribution in [0.3, 0.4) is 0 Å². The number of ether oxygens (including phenoxy) is 1. The molecule has 1 aromatic heterocycles. The van der Waals surface area contributed by atoms with Gasteiger partial charge in [0, 0.05) is 43.2 Å². The number of benzene rings is 1. The second-order valence-electron chi connectivity index (χ2n) is 6.03. The molecule has 0 saturated carbocycles. The molecule has 1 aromatic carbocycles. The third kappa shape index (κ3) is 4.82. The van der Waals surface area contributed by atoms with Crippen molar-refractivity contribution < 1.29 is 19.1 Å². The summed E-state index contributed by atoms with van der Waals surface area (Å²) in [5, 5.41) is 7.68. The summed E-state index contributed by atoms with van der Waals surface area (Å²) in [6.07, 6.45) is 1.91. The van der Waals surface area contributed by atoms with Gasteiger partial charge in [-0.1, -0.05) is 0 Å². The molecule has 2 heterocycles. The fourth-order valence-corrected chi connectivity index (χ4v) is 3.35. The van der Waals surface area contributed by atoms with Gasteiger partial charge in [0.1, 0.15) is 5.75 Å². The molecule has 1 aliphatic heterocycles. The molecule has 1 fully saturated rings. The minimum Gasteiger partial charge on any atom is -0.497 e. The number of rotatable bonds is 7. The topological polar surface area (TPSA) is 101 Å². The first kappa shape index (κ1) is 18.8. The third-order valence-corrected chi connectivity index (χ3v) is 4.90. The van der Waals surface area contributed by atoms with Crippen molar-refractivity contribution in [3.63, 3.8) is 0 Å². The Labute approximate surface area is 160 Å². The zero-order chi connectivity index (χ0) is 19.2. The van der Waals surface area contributed by atoms with Crippen molar-refractivity contribution >= 4 is 39.9 Å². The van der Waals surface area contributed by atoms with Gasteiger partial charge in [0.2, 0.25) is 17.7 Å². The lowest BCUT2D eigenvalue weighted by atomic mass is 10.1. The molecule has 2 N–H and O–H groups in total. The summed E-state index contributed by atoms with van der Waals surface area (Å²) >= 11 is 1.33. The first-order valence-electron chi connectivity index (χ1n) is 8.48. The zero-order valence-electron chi connectivity index (χ0n) is 14.8. The Hall–Kier alpha value is -2.94. The first-order chi connectivity index (χ1) is 13.1. The molecule has 0 bridgehead atoms. The SMILES string of the molecule is COc1ccc(N2C[C@@H](C(=O)NCCC(=O)Nc3nccs3)CC2=O)cc1. The van der Waals surface area contributed by atoms with E-state index in [-0.39, 0.29) is 37.1 Å². The van der Waals surface area contributed by atoms with Gasteiger partial charge >= 0.3 is 0 Å². The number of carbonyl (C=O) groups excluding carboxylic acids is 3. The van der Waals surface area contributed by atoms with Crippen LogP contribution in [0, 0.1) is 5.92 Å². The number of carbonyl (C=O) groups is 3. The summed E-state index contributed by atoms with van der Waals surface area (Å²) in [6, 6.07) is 7.13. The number of aromatic nitrogens is 1. The highest BCUT2D eigenvalue weighted by Crippen LogP contribution is 2.26. The average molecular weight is 388 g/mol. The number of nitrogens with one attached hydrogen (secondary N) is 2. The highest BCUT2D eigenvalue weighted by Gasteiger charge is 2.35. The maximum absolute atomic E-state index is 12.3. The molecular formula is C18H20N4O4S. The number of thiazole rings is 1. The van der Waals surface area contributed by atoms with E-state index in [0.29, 0.717) is 17.4 Å². The van der Waals surface area contributed by atoms with Crippen LogP contribution in [0.1, 0.15) is 12.8 Å². The predicted octanol–water partition coefficient (Wildman–Crippen LogP) is 1.65. The van der Waals surface area contributed by atoms with Crippen LogP contribution in [0.4, 0.5) is 10.8 Å². The quantitative estimate of drug-likeness (QED) is 0.751. The van der Waals surface area contributed by atoms with E-state index in [1.54, 1.807) is 47.9 Å². The minimum atomic E-state index is -0.429. The van der Waals surface area contributed by atoms with Crippen LogP contribution in [-0.2, 0) is 14.4 Å². The van der Waals surface area contributed by atoms with Gasteiger partial charge < -0.3 is 20.3 Å². The largest absolute Gasteiger partial charge is 0.497 e. The lowest BCUT2D eigenvalue weighted by Gasteiger charge is -2.17. The molecule has 1 atom stereocenters. The maximum atomic E-state index is 12.3. The Balaban J connectivity index is 1.46. The Morgan fingerprint density at radius 3 is 2.78 bits per heavy atom. The predicted molar refractivity (Wildman–Crippen MR) is 102 cm³/mol. The van der Waals surface area contributed by atoms with E-state index < -0.39 is 5.92 Å². The molecule has 3 amide bonds. The standard InChI is InChI=1S/C18H20N4O4S/c1-26-14-4-2-13(3-5-14)22-11-12(10-16(22)24)17(25)19-7-6-15(23)21-18-20-8-9-27-18/h2-5,8-9,12H,6-7,10-11H2,1H3,(H,19,25)(H,20,21,23)/t12-/m0/s1. The van der Waals surface area contributed by atoms with Crippen LogP contribution in [0.25, 0.3) is 0 Å². The van der Waals surface area contributed by atoms with Gasteiger partial charge in [-0.2, -0.15) is 0 Å². The molecule has 0 spiro atoms. The summed E-state index contributed by atoms with van der Waals surface area (Å²) in [5.74, 6) is -0.256. The lowest BCUT2D eigenvalue weighted by molar-refractivity contribution is -0.126. The van der Waals surface area contributed by atoms with E-state index in [0.717, 1.165) is 5.69 Å². The normalized spacial score (nSPS) is 16.3. The van der Waals surface area contributed by atoms with Crippen LogP contribution in [0.2, 0.25) is 0 Å². The molecule has 0 radical (unpaired) electrons. The number of amides is 3. The third-order valence-electron chi connectivity index (χ3n) is 4.21. The van der Waals surface area contributed by atoms with E-state index in [1.807, 2.05) is 0 Å². The number of nitrogens with zero attached hydrogens (tertiary/aromatic N) is 2. The van der Waals surface area contributed by atoms with Crippen molar-refractivity contribution in [2.75, 3.05) is 30.4 Å². The number of hydrogen-bond donors (Lipinski definition) is 2. The van der Waals surface area contributed by atoms with Gasteiger partial charge in [0.05, 0.1) is 13.0 Å². The van der Waals surface area contributed by atoms with Crippen LogP contribution in [-0.4, -0.2) is 42.9 Å². The highest BCUT2D eigenvalue weighted by atomic mass is 32.1. The number of anilines is 2. The van der Waals surface area contributed by atoms with E-state index in [2.05, 4.69) is 15.6 Å². The van der Waals surface area contributed by atoms with Gasteiger partial charge in [-0.3, -0.25) is 14.4 Å². The molecule has 1 aliphatic rings. The smallest absolute Gasteiger partial charge is 0.227 e. The van der Waals surface area contributed by atoms with Gasteiger partial charge in [-0.15, -0.1) is 11.3 Å². The zero-order valence-corrected chi connectivity index (χ0v) is 15.6. The number of methoxy groups -OCH3 is 1. The Kier molecular flexibility index (Phi) is 6.02. The van der Waals surface area contributed by atoms with Crippen molar-refractivity contribution in [1.82, 2.24) is 10.3 Å². The molecule has 8 nitrogen and oxygen atoms in total. The van der Waals surface area contributed by atoms with E-state index in [9.17, 15) is 14.4 Å². The highest BCUT2D eigenvalue weighted by molar-refractivity contribution is 7.13. The van der Waals surface area contributed by atoms with Crippen LogP contribution in [0.5, 0.6) is 5.75 Å². The average Bonchev–Trinajstić information content (AvgIpc) is 3.31. The van der Waals surface area contributed by atoms with Gasteiger partial charge in [0.25, 0.3) is 0 Å². The molecule has 3 rings (SSSR count). The summed E-state index contributed by atoms with van der Waals surface area (Å²) in [5.41, 5.74) is 0.735. The van der Waals surface area contributed by atoms with Crippen LogP contribution in [0.15, 0.2) is 35.8 Å². The molecular weight excluding hydrogens is 368 g/mol. The molecule has 2 aromatic rings. The van der Waals surface area contributed by atoms with Gasteiger partial charge in [0.15, 0.2) is 5.13 Å². The molecule has 142 valence electrons. The fourth-order valence-electron chi connectivity index (χ4n) is 2.81. The second kappa shape index (κ2) is 8.63. The summed E-state index contributed by atoms with van der Waals surface area (Å²) in [7, 11) is 1.58. The molecule has 0 aliphatic carbocycles. The molecule has 27 heavy (non-hydrogen) atoms. The molecule has 9 heteroatoms. The monoisotopic (exact) mass is 388 g/mol. The van der Waals surface area contributed by atoms with Crippen molar-refractivity contribution in [2.45, 2.75) is 12.8 Å². The Bertz CT molecular complexity index is 807. The fraction of sp³-hybridized carbons (Fsp3) is 0.333. The minimum absolute atomic E-state index is 0.0955. The molecule has 1 saturated heterocycles. The van der Waals surface area contributed by atoms with Crippen molar-refractivity contribution in [3.8, 4) is 5.75 Å².